The molecule has 1 unspecified atom stereocenters. The molecule has 2 nitrogen and oxygen atoms in total. The van der Waals surface area contributed by atoms with Crippen molar-refractivity contribution in [1.82, 2.24) is 10.6 Å². The van der Waals surface area contributed by atoms with Gasteiger partial charge in [-0.1, -0.05) is 34.6 Å². The zero-order valence-electron chi connectivity index (χ0n) is 16.7. The summed E-state index contributed by atoms with van der Waals surface area (Å²) in [5, 5.41) is 7.63. The predicted octanol–water partition coefficient (Wildman–Crippen LogP) is 4.31. The summed E-state index contributed by atoms with van der Waals surface area (Å²) >= 11 is 0. The topological polar surface area (TPSA) is 24.1 Å². The fourth-order valence-corrected chi connectivity index (χ4v) is 7.06. The van der Waals surface area contributed by atoms with Gasteiger partial charge in [0.05, 0.1) is 0 Å². The summed E-state index contributed by atoms with van der Waals surface area (Å²) in [5.74, 6) is 5.76. The van der Waals surface area contributed by atoms with E-state index in [1.54, 1.807) is 0 Å². The Bertz CT molecular complexity index is 455. The van der Waals surface area contributed by atoms with E-state index in [0.717, 1.165) is 54.6 Å². The van der Waals surface area contributed by atoms with Gasteiger partial charge in [-0.05, 0) is 85.0 Å². The molecule has 0 aromatic carbocycles. The summed E-state index contributed by atoms with van der Waals surface area (Å²) in [5.41, 5.74) is 1.27. The molecule has 0 aliphatic heterocycles. The van der Waals surface area contributed by atoms with Crippen molar-refractivity contribution >= 4 is 0 Å². The van der Waals surface area contributed by atoms with Gasteiger partial charge < -0.3 is 10.6 Å². The second-order valence-electron chi connectivity index (χ2n) is 11.0. The molecule has 6 fully saturated rings. The van der Waals surface area contributed by atoms with Crippen LogP contribution in [0.1, 0.15) is 66.7 Å². The molecule has 0 aromatic heterocycles. The summed E-state index contributed by atoms with van der Waals surface area (Å²) in [6.07, 6.45) is 7.37. The highest BCUT2D eigenvalue weighted by Crippen LogP contribution is 2.61. The second-order valence-corrected chi connectivity index (χ2v) is 11.0. The molecular weight excluding hydrogens is 292 g/mol. The van der Waals surface area contributed by atoms with Crippen molar-refractivity contribution in [1.29, 1.82) is 0 Å². The van der Waals surface area contributed by atoms with Gasteiger partial charge in [0.15, 0.2) is 0 Å². The van der Waals surface area contributed by atoms with E-state index in [0.29, 0.717) is 10.8 Å². The van der Waals surface area contributed by atoms with Gasteiger partial charge in [-0.2, -0.15) is 0 Å². The van der Waals surface area contributed by atoms with Crippen LogP contribution in [0.5, 0.6) is 0 Å². The van der Waals surface area contributed by atoms with Crippen molar-refractivity contribution in [2.75, 3.05) is 19.6 Å². The van der Waals surface area contributed by atoms with Crippen LogP contribution in [0.4, 0.5) is 0 Å². The van der Waals surface area contributed by atoms with Gasteiger partial charge in [-0.3, -0.25) is 0 Å². The quantitative estimate of drug-likeness (QED) is 0.708. The molecule has 0 saturated heterocycles. The molecule has 24 heavy (non-hydrogen) atoms. The van der Waals surface area contributed by atoms with E-state index in [-0.39, 0.29) is 0 Å². The highest BCUT2D eigenvalue weighted by atomic mass is 15.0. The molecule has 6 aliphatic carbocycles. The van der Waals surface area contributed by atoms with Crippen molar-refractivity contribution in [3.63, 3.8) is 0 Å². The standard InChI is InChI=1S/C22H40N2/c1-14-19-11-18(22(19,4)5)12-20(14)24-7-6-23-13-15-8-16-10-17(9-15)21(16,2)3/h14-20,23-24H,6-13H2,1-5H3/t14-,15?,16-,17+,18+,19-,20+/m0/s1. The minimum Gasteiger partial charge on any atom is -0.315 e. The fraction of sp³-hybridized carbons (Fsp3) is 1.00. The molecule has 0 aromatic rings. The van der Waals surface area contributed by atoms with Gasteiger partial charge in [-0.15, -0.1) is 0 Å². The monoisotopic (exact) mass is 332 g/mol. The van der Waals surface area contributed by atoms with Gasteiger partial charge >= 0.3 is 0 Å². The Morgan fingerprint density at radius 3 is 2.04 bits per heavy atom. The Hall–Kier alpha value is -0.0800. The maximum atomic E-state index is 3.88. The fourth-order valence-electron chi connectivity index (χ4n) is 7.06. The molecule has 6 aliphatic rings. The third-order valence-electron chi connectivity index (χ3n) is 9.40. The van der Waals surface area contributed by atoms with E-state index < -0.39 is 0 Å². The van der Waals surface area contributed by atoms with Crippen LogP contribution in [0.2, 0.25) is 0 Å². The van der Waals surface area contributed by atoms with Crippen LogP contribution in [0, 0.1) is 46.3 Å². The normalized spacial score (nSPS) is 47.6. The van der Waals surface area contributed by atoms with Crippen molar-refractivity contribution in [3.8, 4) is 0 Å². The number of rotatable bonds is 6. The van der Waals surface area contributed by atoms with E-state index in [1.165, 1.54) is 38.6 Å². The summed E-state index contributed by atoms with van der Waals surface area (Å²) in [6.45, 7) is 16.0. The average molecular weight is 333 g/mol. The molecule has 2 heteroatoms. The molecule has 2 N–H and O–H groups in total. The van der Waals surface area contributed by atoms with Crippen LogP contribution in [0.3, 0.4) is 0 Å². The zero-order chi connectivity index (χ0) is 17.1. The van der Waals surface area contributed by atoms with Gasteiger partial charge in [0, 0.05) is 19.1 Å². The molecular formula is C22H40N2. The van der Waals surface area contributed by atoms with Crippen molar-refractivity contribution in [2.45, 2.75) is 72.8 Å². The maximum absolute atomic E-state index is 3.88. The number of nitrogens with one attached hydrogen (secondary N) is 2. The van der Waals surface area contributed by atoms with Crippen molar-refractivity contribution < 1.29 is 0 Å². The van der Waals surface area contributed by atoms with Crippen LogP contribution in [0.15, 0.2) is 0 Å². The second kappa shape index (κ2) is 5.98. The number of hydrogen-bond acceptors (Lipinski definition) is 2. The Morgan fingerprint density at radius 1 is 0.792 bits per heavy atom. The van der Waals surface area contributed by atoms with E-state index in [4.69, 9.17) is 0 Å². The Morgan fingerprint density at radius 2 is 1.46 bits per heavy atom. The molecule has 6 saturated carbocycles. The van der Waals surface area contributed by atoms with E-state index in [2.05, 4.69) is 45.3 Å². The molecule has 0 radical (unpaired) electrons. The first-order valence-electron chi connectivity index (χ1n) is 10.7. The maximum Gasteiger partial charge on any atom is 0.00989 e. The van der Waals surface area contributed by atoms with E-state index in [9.17, 15) is 0 Å². The summed E-state index contributed by atoms with van der Waals surface area (Å²) in [6, 6.07) is 0.770. The van der Waals surface area contributed by atoms with Crippen LogP contribution in [0.25, 0.3) is 0 Å². The Kier molecular flexibility index (Phi) is 4.32. The molecule has 0 spiro atoms. The van der Waals surface area contributed by atoms with Crippen LogP contribution >= 0.6 is 0 Å². The number of fused-ring (bicyclic) bond motifs is 4. The molecule has 0 amide bonds. The molecule has 6 rings (SSSR count). The third kappa shape index (κ3) is 2.67. The highest BCUT2D eigenvalue weighted by Gasteiger charge is 2.56. The highest BCUT2D eigenvalue weighted by molar-refractivity contribution is 5.07. The Balaban J connectivity index is 1.12. The molecule has 7 atom stereocenters. The lowest BCUT2D eigenvalue weighted by Crippen LogP contribution is -2.60. The lowest BCUT2D eigenvalue weighted by Gasteiger charge is -2.62. The van der Waals surface area contributed by atoms with Crippen LogP contribution in [-0.4, -0.2) is 25.7 Å². The van der Waals surface area contributed by atoms with Crippen molar-refractivity contribution in [2.24, 2.45) is 46.3 Å². The predicted molar refractivity (Wildman–Crippen MR) is 102 cm³/mol. The van der Waals surface area contributed by atoms with Gasteiger partial charge in [0.2, 0.25) is 0 Å². The number of hydrogen-bond donors (Lipinski definition) is 2. The first-order chi connectivity index (χ1) is 11.3. The van der Waals surface area contributed by atoms with Crippen LogP contribution < -0.4 is 10.6 Å². The summed E-state index contributed by atoms with van der Waals surface area (Å²) < 4.78 is 0. The van der Waals surface area contributed by atoms with E-state index in [1.807, 2.05) is 0 Å². The zero-order valence-corrected chi connectivity index (χ0v) is 16.7. The van der Waals surface area contributed by atoms with Crippen LogP contribution in [-0.2, 0) is 0 Å². The molecule has 4 bridgehead atoms. The Labute approximate surface area is 149 Å². The summed E-state index contributed by atoms with van der Waals surface area (Å²) in [7, 11) is 0. The lowest BCUT2D eigenvalue weighted by atomic mass is 9.45. The average Bonchev–Trinajstić information content (AvgIpc) is 2.55. The lowest BCUT2D eigenvalue weighted by molar-refractivity contribution is -0.114. The summed E-state index contributed by atoms with van der Waals surface area (Å²) in [4.78, 5) is 0. The largest absolute Gasteiger partial charge is 0.315 e. The third-order valence-corrected chi connectivity index (χ3v) is 9.40. The SMILES string of the molecule is C[C@@H]1[C@H](NCCNCC2C[C@@H]3C[C@H](C2)C3(C)C)C[C@H]2C[C@@H]1C2(C)C. The first kappa shape index (κ1) is 17.3. The molecule has 0 heterocycles. The first-order valence-corrected chi connectivity index (χ1v) is 10.7. The van der Waals surface area contributed by atoms with Crippen molar-refractivity contribution in [3.05, 3.63) is 0 Å². The smallest absolute Gasteiger partial charge is 0.00989 e. The van der Waals surface area contributed by atoms with E-state index >= 15 is 0 Å². The molecule has 138 valence electrons. The van der Waals surface area contributed by atoms with Gasteiger partial charge in [0.25, 0.3) is 0 Å². The minimum absolute atomic E-state index is 0.617. The minimum atomic E-state index is 0.617. The van der Waals surface area contributed by atoms with Gasteiger partial charge in [0.1, 0.15) is 0 Å². The van der Waals surface area contributed by atoms with Gasteiger partial charge in [-0.25, -0.2) is 0 Å².